The molecule has 1 aromatic carbocycles. The van der Waals surface area contributed by atoms with Crippen LogP contribution in [0.2, 0.25) is 0 Å². The molecule has 1 heterocycles. The first-order chi connectivity index (χ1) is 11.3. The quantitative estimate of drug-likeness (QED) is 0.861. The average Bonchev–Trinajstić information content (AvgIpc) is 2.58. The topological polar surface area (TPSA) is 91.8 Å². The van der Waals surface area contributed by atoms with Gasteiger partial charge in [0.2, 0.25) is 0 Å². The van der Waals surface area contributed by atoms with Crippen LogP contribution in [0, 0.1) is 22.7 Å². The smallest absolute Gasteiger partial charge is 0.177 e. The zero-order valence-corrected chi connectivity index (χ0v) is 14.3. The third kappa shape index (κ3) is 3.13. The van der Waals surface area contributed by atoms with Crippen molar-refractivity contribution in [1.29, 1.82) is 10.5 Å². The first-order valence-corrected chi connectivity index (χ1v) is 7.30. The largest absolute Gasteiger partial charge is 0.493 e. The Balaban J connectivity index is 2.78. The normalized spacial score (nSPS) is 10.6. The number of benzene rings is 1. The third-order valence-electron chi connectivity index (χ3n) is 3.48. The van der Waals surface area contributed by atoms with Crippen LogP contribution >= 0.6 is 0 Å². The molecule has 0 aliphatic rings. The molecule has 0 saturated carbocycles. The molecule has 2 rings (SSSR count). The van der Waals surface area contributed by atoms with Crippen LogP contribution in [0.15, 0.2) is 18.2 Å². The summed E-state index contributed by atoms with van der Waals surface area (Å²) < 4.78 is 10.6. The zero-order chi connectivity index (χ0) is 17.9. The Morgan fingerprint density at radius 3 is 2.00 bits per heavy atom. The maximum atomic E-state index is 9.25. The molecular formula is C18H18N4O2. The second kappa shape index (κ2) is 6.55. The molecule has 0 radical (unpaired) electrons. The SMILES string of the molecule is COc1ccc(-c2nc(C#N)c(C#N)nc2C(C)(C)C)cc1OC. The van der Waals surface area contributed by atoms with Gasteiger partial charge in [-0.15, -0.1) is 0 Å². The molecule has 0 amide bonds. The molecule has 0 bridgehead atoms. The molecule has 0 unspecified atom stereocenters. The van der Waals surface area contributed by atoms with Crippen molar-refractivity contribution >= 4 is 0 Å². The highest BCUT2D eigenvalue weighted by Gasteiger charge is 2.25. The van der Waals surface area contributed by atoms with Crippen molar-refractivity contribution in [3.63, 3.8) is 0 Å². The van der Waals surface area contributed by atoms with Crippen LogP contribution in [0.25, 0.3) is 11.3 Å². The van der Waals surface area contributed by atoms with Crippen molar-refractivity contribution in [2.45, 2.75) is 26.2 Å². The molecule has 0 spiro atoms. The van der Waals surface area contributed by atoms with Crippen LogP contribution in [0.5, 0.6) is 11.5 Å². The summed E-state index contributed by atoms with van der Waals surface area (Å²) >= 11 is 0. The number of aromatic nitrogens is 2. The Kier molecular flexibility index (Phi) is 4.71. The van der Waals surface area contributed by atoms with Crippen molar-refractivity contribution in [3.8, 4) is 34.9 Å². The molecule has 0 fully saturated rings. The van der Waals surface area contributed by atoms with Gasteiger partial charge in [0.15, 0.2) is 22.9 Å². The van der Waals surface area contributed by atoms with E-state index in [1.807, 2.05) is 39.0 Å². The molecule has 122 valence electrons. The van der Waals surface area contributed by atoms with E-state index in [4.69, 9.17) is 9.47 Å². The summed E-state index contributed by atoms with van der Waals surface area (Å²) in [6.07, 6.45) is 0. The molecule has 0 aliphatic carbocycles. The van der Waals surface area contributed by atoms with Gasteiger partial charge < -0.3 is 9.47 Å². The molecule has 24 heavy (non-hydrogen) atoms. The van der Waals surface area contributed by atoms with Gasteiger partial charge in [-0.05, 0) is 18.2 Å². The highest BCUT2D eigenvalue weighted by Crippen LogP contribution is 2.36. The number of nitrogens with zero attached hydrogens (tertiary/aromatic N) is 4. The van der Waals surface area contributed by atoms with Gasteiger partial charge in [-0.25, -0.2) is 9.97 Å². The molecule has 0 aliphatic heterocycles. The summed E-state index contributed by atoms with van der Waals surface area (Å²) in [5.41, 5.74) is 1.63. The molecule has 0 N–H and O–H groups in total. The number of ether oxygens (including phenoxy) is 2. The van der Waals surface area contributed by atoms with E-state index in [1.54, 1.807) is 26.4 Å². The second-order valence-electron chi connectivity index (χ2n) is 6.16. The van der Waals surface area contributed by atoms with Gasteiger partial charge >= 0.3 is 0 Å². The Labute approximate surface area is 141 Å². The Bertz CT molecular complexity index is 855. The third-order valence-corrected chi connectivity index (χ3v) is 3.48. The van der Waals surface area contributed by atoms with Crippen molar-refractivity contribution in [3.05, 3.63) is 35.3 Å². The van der Waals surface area contributed by atoms with Crippen LogP contribution in [0.1, 0.15) is 37.9 Å². The Morgan fingerprint density at radius 1 is 0.917 bits per heavy atom. The van der Waals surface area contributed by atoms with Gasteiger partial charge in [0.05, 0.1) is 25.6 Å². The first kappa shape index (κ1) is 17.2. The maximum Gasteiger partial charge on any atom is 0.177 e. The van der Waals surface area contributed by atoms with E-state index >= 15 is 0 Å². The lowest BCUT2D eigenvalue weighted by atomic mass is 9.88. The number of rotatable bonds is 3. The highest BCUT2D eigenvalue weighted by atomic mass is 16.5. The monoisotopic (exact) mass is 322 g/mol. The summed E-state index contributed by atoms with van der Waals surface area (Å²) in [4.78, 5) is 8.78. The van der Waals surface area contributed by atoms with Gasteiger partial charge in [-0.1, -0.05) is 20.8 Å². The molecular weight excluding hydrogens is 304 g/mol. The van der Waals surface area contributed by atoms with Crippen molar-refractivity contribution in [1.82, 2.24) is 9.97 Å². The van der Waals surface area contributed by atoms with Gasteiger partial charge in [0.25, 0.3) is 0 Å². The van der Waals surface area contributed by atoms with Gasteiger partial charge in [0.1, 0.15) is 12.1 Å². The van der Waals surface area contributed by atoms with E-state index in [1.165, 1.54) is 0 Å². The van der Waals surface area contributed by atoms with Crippen LogP contribution in [-0.4, -0.2) is 24.2 Å². The van der Waals surface area contributed by atoms with E-state index in [0.29, 0.717) is 22.9 Å². The van der Waals surface area contributed by atoms with E-state index in [9.17, 15) is 10.5 Å². The molecule has 0 saturated heterocycles. The fourth-order valence-corrected chi connectivity index (χ4v) is 2.30. The lowest BCUT2D eigenvalue weighted by molar-refractivity contribution is 0.355. The molecule has 6 heteroatoms. The van der Waals surface area contributed by atoms with Crippen molar-refractivity contribution < 1.29 is 9.47 Å². The predicted molar refractivity (Wildman–Crippen MR) is 88.7 cm³/mol. The fraction of sp³-hybridized carbons (Fsp3) is 0.333. The summed E-state index contributed by atoms with van der Waals surface area (Å²) in [6.45, 7) is 5.94. The van der Waals surface area contributed by atoms with E-state index in [2.05, 4.69) is 9.97 Å². The standard InChI is InChI=1S/C18H18N4O2/c1-18(2,3)17-16(21-12(9-19)13(10-20)22-17)11-6-7-14(23-4)15(8-11)24-5/h6-8H,1-5H3. The number of hydrogen-bond acceptors (Lipinski definition) is 6. The van der Waals surface area contributed by atoms with Gasteiger partial charge in [-0.2, -0.15) is 10.5 Å². The Morgan fingerprint density at radius 2 is 1.50 bits per heavy atom. The second-order valence-corrected chi connectivity index (χ2v) is 6.16. The summed E-state index contributed by atoms with van der Waals surface area (Å²) in [5.74, 6) is 1.15. The van der Waals surface area contributed by atoms with Gasteiger partial charge in [0, 0.05) is 11.0 Å². The minimum Gasteiger partial charge on any atom is -0.493 e. The highest BCUT2D eigenvalue weighted by molar-refractivity contribution is 5.68. The van der Waals surface area contributed by atoms with Crippen molar-refractivity contribution in [2.24, 2.45) is 0 Å². The van der Waals surface area contributed by atoms with Crippen LogP contribution in [0.3, 0.4) is 0 Å². The van der Waals surface area contributed by atoms with Crippen molar-refractivity contribution in [2.75, 3.05) is 14.2 Å². The fourth-order valence-electron chi connectivity index (χ4n) is 2.30. The Hall–Kier alpha value is -3.12. The lowest BCUT2D eigenvalue weighted by Gasteiger charge is -2.21. The first-order valence-electron chi connectivity index (χ1n) is 7.30. The summed E-state index contributed by atoms with van der Waals surface area (Å²) in [7, 11) is 3.12. The minimum atomic E-state index is -0.352. The lowest BCUT2D eigenvalue weighted by Crippen LogP contribution is -2.18. The molecule has 0 atom stereocenters. The summed E-state index contributed by atoms with van der Waals surface area (Å²) in [6, 6.07) is 9.25. The maximum absolute atomic E-state index is 9.25. The average molecular weight is 322 g/mol. The summed E-state index contributed by atoms with van der Waals surface area (Å²) in [5, 5.41) is 18.5. The van der Waals surface area contributed by atoms with E-state index < -0.39 is 0 Å². The van der Waals surface area contributed by atoms with Gasteiger partial charge in [-0.3, -0.25) is 0 Å². The number of methoxy groups -OCH3 is 2. The van der Waals surface area contributed by atoms with E-state index in [0.717, 1.165) is 5.56 Å². The molecule has 6 nitrogen and oxygen atoms in total. The predicted octanol–water partition coefficient (Wildman–Crippen LogP) is 3.20. The number of nitriles is 2. The van der Waals surface area contributed by atoms with E-state index in [-0.39, 0.29) is 16.8 Å². The number of hydrogen-bond donors (Lipinski definition) is 0. The van der Waals surface area contributed by atoms with Crippen LogP contribution in [-0.2, 0) is 5.41 Å². The van der Waals surface area contributed by atoms with Crippen LogP contribution < -0.4 is 9.47 Å². The minimum absolute atomic E-state index is 0.00952. The zero-order valence-electron chi connectivity index (χ0n) is 14.3. The molecule has 2 aromatic rings. The molecule has 1 aromatic heterocycles. The van der Waals surface area contributed by atoms with Crippen LogP contribution in [0.4, 0.5) is 0 Å².